The Bertz CT molecular complexity index is 344. The van der Waals surface area contributed by atoms with Crippen molar-refractivity contribution >= 4 is 0 Å². The SMILES string of the molecule is CCOc1ccc(C(NC)C2CCCOC2)cc1. The highest BCUT2D eigenvalue weighted by Gasteiger charge is 2.24. The van der Waals surface area contributed by atoms with Crippen molar-refractivity contribution in [2.45, 2.75) is 25.8 Å². The van der Waals surface area contributed by atoms with E-state index in [2.05, 4.69) is 17.4 Å². The maximum atomic E-state index is 5.58. The topological polar surface area (TPSA) is 30.5 Å². The van der Waals surface area contributed by atoms with Crippen LogP contribution in [0.3, 0.4) is 0 Å². The van der Waals surface area contributed by atoms with Crippen LogP contribution in [0.5, 0.6) is 5.75 Å². The molecule has 0 spiro atoms. The van der Waals surface area contributed by atoms with Crippen LogP contribution in [0.25, 0.3) is 0 Å². The summed E-state index contributed by atoms with van der Waals surface area (Å²) in [5, 5.41) is 3.42. The third kappa shape index (κ3) is 3.24. The minimum absolute atomic E-state index is 0.376. The summed E-state index contributed by atoms with van der Waals surface area (Å²) in [6.45, 7) is 4.49. The predicted molar refractivity (Wildman–Crippen MR) is 73.0 cm³/mol. The molecule has 1 aliphatic heterocycles. The normalized spacial score (nSPS) is 21.6. The van der Waals surface area contributed by atoms with E-state index in [1.165, 1.54) is 18.4 Å². The standard InChI is InChI=1S/C15H23NO2/c1-3-18-14-8-6-12(7-9-14)15(16-2)13-5-4-10-17-11-13/h6-9,13,15-16H,3-5,10-11H2,1-2H3. The minimum atomic E-state index is 0.376. The van der Waals surface area contributed by atoms with Gasteiger partial charge in [-0.15, -0.1) is 0 Å². The van der Waals surface area contributed by atoms with Crippen LogP contribution < -0.4 is 10.1 Å². The van der Waals surface area contributed by atoms with Gasteiger partial charge in [0.05, 0.1) is 13.2 Å². The van der Waals surface area contributed by atoms with E-state index in [9.17, 15) is 0 Å². The number of benzene rings is 1. The van der Waals surface area contributed by atoms with E-state index in [0.29, 0.717) is 18.6 Å². The molecule has 0 saturated carbocycles. The molecule has 1 fully saturated rings. The molecule has 0 bridgehead atoms. The first kappa shape index (κ1) is 13.4. The van der Waals surface area contributed by atoms with Crippen molar-refractivity contribution in [1.82, 2.24) is 5.32 Å². The van der Waals surface area contributed by atoms with Crippen LogP contribution in [0, 0.1) is 5.92 Å². The molecule has 1 saturated heterocycles. The fourth-order valence-corrected chi connectivity index (χ4v) is 2.64. The van der Waals surface area contributed by atoms with Gasteiger partial charge in [-0.2, -0.15) is 0 Å². The molecule has 0 radical (unpaired) electrons. The van der Waals surface area contributed by atoms with Crippen LogP contribution in [-0.2, 0) is 4.74 Å². The summed E-state index contributed by atoms with van der Waals surface area (Å²) in [4.78, 5) is 0. The summed E-state index contributed by atoms with van der Waals surface area (Å²) < 4.78 is 11.1. The zero-order valence-corrected chi connectivity index (χ0v) is 11.3. The molecular weight excluding hydrogens is 226 g/mol. The van der Waals surface area contributed by atoms with Gasteiger partial charge in [-0.1, -0.05) is 12.1 Å². The van der Waals surface area contributed by atoms with E-state index in [-0.39, 0.29) is 0 Å². The van der Waals surface area contributed by atoms with Gasteiger partial charge in [0.25, 0.3) is 0 Å². The van der Waals surface area contributed by atoms with E-state index in [1.807, 2.05) is 26.1 Å². The highest BCUT2D eigenvalue weighted by Crippen LogP contribution is 2.29. The number of rotatable bonds is 5. The van der Waals surface area contributed by atoms with Crippen molar-refractivity contribution in [1.29, 1.82) is 0 Å². The molecule has 2 rings (SSSR count). The van der Waals surface area contributed by atoms with Crippen molar-refractivity contribution in [3.8, 4) is 5.75 Å². The molecule has 2 unspecified atom stereocenters. The first-order chi connectivity index (χ1) is 8.85. The Hall–Kier alpha value is -1.06. The molecule has 100 valence electrons. The van der Waals surface area contributed by atoms with Crippen LogP contribution in [0.4, 0.5) is 0 Å². The molecule has 1 aromatic rings. The molecule has 0 aliphatic carbocycles. The van der Waals surface area contributed by atoms with Crippen molar-refractivity contribution in [3.05, 3.63) is 29.8 Å². The number of nitrogens with one attached hydrogen (secondary N) is 1. The molecule has 1 aromatic carbocycles. The van der Waals surface area contributed by atoms with Crippen LogP contribution in [0.2, 0.25) is 0 Å². The molecule has 2 atom stereocenters. The summed E-state index contributed by atoms with van der Waals surface area (Å²) >= 11 is 0. The van der Waals surface area contributed by atoms with Gasteiger partial charge < -0.3 is 14.8 Å². The summed E-state index contributed by atoms with van der Waals surface area (Å²) in [7, 11) is 2.02. The van der Waals surface area contributed by atoms with Crippen molar-refractivity contribution in [2.75, 3.05) is 26.9 Å². The summed E-state index contributed by atoms with van der Waals surface area (Å²) in [5.41, 5.74) is 1.32. The molecular formula is C15H23NO2. The molecule has 0 aromatic heterocycles. The fourth-order valence-electron chi connectivity index (χ4n) is 2.64. The quantitative estimate of drug-likeness (QED) is 0.870. The minimum Gasteiger partial charge on any atom is -0.494 e. The highest BCUT2D eigenvalue weighted by atomic mass is 16.5. The van der Waals surface area contributed by atoms with Gasteiger partial charge >= 0.3 is 0 Å². The van der Waals surface area contributed by atoms with Gasteiger partial charge in [-0.25, -0.2) is 0 Å². The summed E-state index contributed by atoms with van der Waals surface area (Å²) in [6, 6.07) is 8.78. The van der Waals surface area contributed by atoms with Crippen molar-refractivity contribution < 1.29 is 9.47 Å². The first-order valence-corrected chi connectivity index (χ1v) is 6.83. The van der Waals surface area contributed by atoms with Crippen LogP contribution in [-0.4, -0.2) is 26.9 Å². The second-order valence-electron chi connectivity index (χ2n) is 4.75. The predicted octanol–water partition coefficient (Wildman–Crippen LogP) is 2.77. The molecule has 1 heterocycles. The van der Waals surface area contributed by atoms with Crippen LogP contribution in [0.1, 0.15) is 31.4 Å². The Morgan fingerprint density at radius 3 is 2.72 bits per heavy atom. The second-order valence-corrected chi connectivity index (χ2v) is 4.75. The summed E-state index contributed by atoms with van der Waals surface area (Å²) in [6.07, 6.45) is 2.40. The van der Waals surface area contributed by atoms with Gasteiger partial charge in [0, 0.05) is 18.6 Å². The number of hydrogen-bond acceptors (Lipinski definition) is 3. The second kappa shape index (κ2) is 6.76. The van der Waals surface area contributed by atoms with Gasteiger partial charge in [0.1, 0.15) is 5.75 Å². The van der Waals surface area contributed by atoms with E-state index >= 15 is 0 Å². The van der Waals surface area contributed by atoms with Gasteiger partial charge in [-0.05, 0) is 44.5 Å². The van der Waals surface area contributed by atoms with Crippen molar-refractivity contribution in [2.24, 2.45) is 5.92 Å². The fraction of sp³-hybridized carbons (Fsp3) is 0.600. The van der Waals surface area contributed by atoms with Gasteiger partial charge in [-0.3, -0.25) is 0 Å². The molecule has 3 nitrogen and oxygen atoms in total. The molecule has 0 amide bonds. The average molecular weight is 249 g/mol. The van der Waals surface area contributed by atoms with Gasteiger partial charge in [0.15, 0.2) is 0 Å². The Balaban J connectivity index is 2.06. The van der Waals surface area contributed by atoms with Crippen molar-refractivity contribution in [3.63, 3.8) is 0 Å². The lowest BCUT2D eigenvalue weighted by Crippen LogP contribution is -2.31. The molecule has 18 heavy (non-hydrogen) atoms. The maximum Gasteiger partial charge on any atom is 0.119 e. The third-order valence-electron chi connectivity index (χ3n) is 3.53. The zero-order chi connectivity index (χ0) is 12.8. The smallest absolute Gasteiger partial charge is 0.119 e. The van der Waals surface area contributed by atoms with E-state index in [4.69, 9.17) is 9.47 Å². The largest absolute Gasteiger partial charge is 0.494 e. The molecule has 1 aliphatic rings. The number of hydrogen-bond donors (Lipinski definition) is 1. The molecule has 3 heteroatoms. The van der Waals surface area contributed by atoms with E-state index in [1.54, 1.807) is 0 Å². The van der Waals surface area contributed by atoms with Crippen LogP contribution in [0.15, 0.2) is 24.3 Å². The van der Waals surface area contributed by atoms with E-state index in [0.717, 1.165) is 19.0 Å². The first-order valence-electron chi connectivity index (χ1n) is 6.83. The third-order valence-corrected chi connectivity index (χ3v) is 3.53. The Kier molecular flexibility index (Phi) is 5.02. The lowest BCUT2D eigenvalue weighted by molar-refractivity contribution is 0.0402. The number of ether oxygens (including phenoxy) is 2. The Morgan fingerprint density at radius 1 is 1.39 bits per heavy atom. The van der Waals surface area contributed by atoms with Gasteiger partial charge in [0.2, 0.25) is 0 Å². The average Bonchev–Trinajstić information content (AvgIpc) is 2.43. The summed E-state index contributed by atoms with van der Waals surface area (Å²) in [5.74, 6) is 1.51. The monoisotopic (exact) mass is 249 g/mol. The highest BCUT2D eigenvalue weighted by molar-refractivity contribution is 5.29. The maximum absolute atomic E-state index is 5.58. The lowest BCUT2D eigenvalue weighted by atomic mass is 9.89. The molecule has 1 N–H and O–H groups in total. The Morgan fingerprint density at radius 2 is 2.17 bits per heavy atom. The zero-order valence-electron chi connectivity index (χ0n) is 11.3. The Labute approximate surface area is 109 Å². The lowest BCUT2D eigenvalue weighted by Gasteiger charge is -2.30. The van der Waals surface area contributed by atoms with E-state index < -0.39 is 0 Å². The van der Waals surface area contributed by atoms with Crippen LogP contribution >= 0.6 is 0 Å².